The van der Waals surface area contributed by atoms with E-state index in [0.717, 1.165) is 5.56 Å². The van der Waals surface area contributed by atoms with Gasteiger partial charge in [0, 0.05) is 0 Å². The summed E-state index contributed by atoms with van der Waals surface area (Å²) in [6, 6.07) is 9.96. The van der Waals surface area contributed by atoms with Gasteiger partial charge in [-0.1, -0.05) is 0 Å². The Kier molecular flexibility index (Phi) is 11.4. The summed E-state index contributed by atoms with van der Waals surface area (Å²) in [5.74, 6) is 0. The Morgan fingerprint density at radius 2 is 1.55 bits per heavy atom. The van der Waals surface area contributed by atoms with Crippen LogP contribution in [-0.4, -0.2) is 68.3 Å². The summed E-state index contributed by atoms with van der Waals surface area (Å²) >= 11 is -3.03. The second-order valence-corrected chi connectivity index (χ2v) is 21.2. The molecule has 0 spiro atoms. The summed E-state index contributed by atoms with van der Waals surface area (Å²) in [5.41, 5.74) is 0.968. The van der Waals surface area contributed by atoms with Crippen molar-refractivity contribution in [2.24, 2.45) is 0 Å². The maximum atomic E-state index is 11.3. The van der Waals surface area contributed by atoms with Crippen LogP contribution in [0.5, 0.6) is 0 Å². The molecule has 0 aromatic heterocycles. The van der Waals surface area contributed by atoms with Gasteiger partial charge in [-0.2, -0.15) is 0 Å². The van der Waals surface area contributed by atoms with Crippen LogP contribution in [0.25, 0.3) is 0 Å². The normalized spacial score (nSPS) is 30.2. The summed E-state index contributed by atoms with van der Waals surface area (Å²) in [6.45, 7) is 7.14. The van der Waals surface area contributed by atoms with E-state index in [1.165, 1.54) is 51.8 Å². The Labute approximate surface area is 204 Å². The average Bonchev–Trinajstić information content (AvgIpc) is 2.86. The van der Waals surface area contributed by atoms with Crippen LogP contribution in [0.2, 0.25) is 13.3 Å². The number of benzene rings is 1. The minimum atomic E-state index is -3.03. The predicted octanol–water partition coefficient (Wildman–Crippen LogP) is 5.56. The molecule has 33 heavy (non-hydrogen) atoms. The molecule has 2 saturated heterocycles. The molecule has 2 heterocycles. The molecule has 2 fully saturated rings. The van der Waals surface area contributed by atoms with Gasteiger partial charge >= 0.3 is 205 Å². The second-order valence-electron chi connectivity index (χ2n) is 9.52. The Morgan fingerprint density at radius 3 is 2.09 bits per heavy atom. The molecule has 0 saturated carbocycles. The van der Waals surface area contributed by atoms with E-state index in [-0.39, 0.29) is 12.2 Å². The van der Waals surface area contributed by atoms with Gasteiger partial charge in [0.25, 0.3) is 0 Å². The van der Waals surface area contributed by atoms with Crippen molar-refractivity contribution in [1.29, 1.82) is 0 Å². The number of fused-ring (bicyclic) bond motifs is 1. The first-order chi connectivity index (χ1) is 16.1. The first-order valence-electron chi connectivity index (χ1n) is 12.9. The van der Waals surface area contributed by atoms with Gasteiger partial charge in [0.05, 0.1) is 0 Å². The molecule has 0 radical (unpaired) electrons. The van der Waals surface area contributed by atoms with Gasteiger partial charge in [-0.15, -0.1) is 0 Å². The molecule has 6 nitrogen and oxygen atoms in total. The molecule has 0 unspecified atom stereocenters. The number of ether oxygens (including phenoxy) is 4. The summed E-state index contributed by atoms with van der Waals surface area (Å²) in [6.07, 6.45) is 3.84. The molecule has 7 heteroatoms. The molecule has 2 aliphatic heterocycles. The van der Waals surface area contributed by atoms with Crippen molar-refractivity contribution in [2.45, 2.75) is 110 Å². The van der Waals surface area contributed by atoms with Crippen molar-refractivity contribution in [2.75, 3.05) is 13.7 Å². The van der Waals surface area contributed by atoms with Crippen molar-refractivity contribution in [3.05, 3.63) is 35.9 Å². The average molecular weight is 571 g/mol. The van der Waals surface area contributed by atoms with Gasteiger partial charge in [-0.3, -0.25) is 0 Å². The van der Waals surface area contributed by atoms with Crippen LogP contribution in [-0.2, 0) is 22.0 Å². The van der Waals surface area contributed by atoms with Crippen molar-refractivity contribution < 1.29 is 27.1 Å². The van der Waals surface area contributed by atoms with Crippen LogP contribution >= 0.6 is 0 Å². The van der Waals surface area contributed by atoms with E-state index in [1.807, 2.05) is 30.3 Å². The monoisotopic (exact) mass is 572 g/mol. The van der Waals surface area contributed by atoms with Crippen molar-refractivity contribution in [1.82, 2.24) is 0 Å². The number of unbranched alkanes of at least 4 members (excludes halogenated alkanes) is 3. The Balaban J connectivity index is 1.87. The molecule has 0 bridgehead atoms. The Morgan fingerprint density at radius 1 is 0.939 bits per heavy atom. The molecule has 1 N–H and O–H groups in total. The zero-order valence-corrected chi connectivity index (χ0v) is 23.8. The molecule has 3 rings (SSSR count). The van der Waals surface area contributed by atoms with Crippen LogP contribution < -0.4 is 0 Å². The van der Waals surface area contributed by atoms with Crippen LogP contribution in [0, 0.1) is 0 Å². The fourth-order valence-corrected chi connectivity index (χ4v) is 19.1. The van der Waals surface area contributed by atoms with E-state index < -0.39 is 43.6 Å². The minimum absolute atomic E-state index is 0.323. The zero-order chi connectivity index (χ0) is 23.7. The second kappa shape index (κ2) is 13.8. The first kappa shape index (κ1) is 27.4. The summed E-state index contributed by atoms with van der Waals surface area (Å²) in [4.78, 5) is 0. The van der Waals surface area contributed by atoms with E-state index in [2.05, 4.69) is 20.8 Å². The van der Waals surface area contributed by atoms with Gasteiger partial charge in [-0.05, 0) is 0 Å². The van der Waals surface area contributed by atoms with Gasteiger partial charge in [0.15, 0.2) is 0 Å². The van der Waals surface area contributed by atoms with E-state index >= 15 is 0 Å². The van der Waals surface area contributed by atoms with Gasteiger partial charge in [0.1, 0.15) is 0 Å². The first-order valence-corrected chi connectivity index (χ1v) is 20.2. The van der Waals surface area contributed by atoms with Crippen molar-refractivity contribution in [3.63, 3.8) is 0 Å². The number of hydrogen-bond donors (Lipinski definition) is 1. The summed E-state index contributed by atoms with van der Waals surface area (Å²) in [5, 5.41) is 11.3. The van der Waals surface area contributed by atoms with E-state index in [9.17, 15) is 5.11 Å². The van der Waals surface area contributed by atoms with Crippen molar-refractivity contribution in [3.8, 4) is 0 Å². The molecular formula is C26H44O6Sn. The van der Waals surface area contributed by atoms with Gasteiger partial charge in [-0.25, -0.2) is 0 Å². The third-order valence-corrected chi connectivity index (χ3v) is 20.0. The van der Waals surface area contributed by atoms with Crippen LogP contribution in [0.1, 0.15) is 71.1 Å². The van der Waals surface area contributed by atoms with E-state index in [4.69, 9.17) is 22.0 Å². The topological polar surface area (TPSA) is 66.4 Å². The van der Waals surface area contributed by atoms with E-state index in [1.54, 1.807) is 7.11 Å². The molecular weight excluding hydrogens is 527 g/mol. The fraction of sp³-hybridized carbons (Fsp3) is 0.769. The van der Waals surface area contributed by atoms with E-state index in [0.29, 0.717) is 6.61 Å². The maximum absolute atomic E-state index is 11.3. The molecule has 1 aromatic carbocycles. The molecule has 0 aliphatic carbocycles. The molecule has 1 aromatic rings. The third kappa shape index (κ3) is 7.15. The van der Waals surface area contributed by atoms with Gasteiger partial charge < -0.3 is 0 Å². The fourth-order valence-electron chi connectivity index (χ4n) is 5.01. The molecule has 188 valence electrons. The van der Waals surface area contributed by atoms with Crippen LogP contribution in [0.3, 0.4) is 0 Å². The quantitative estimate of drug-likeness (QED) is 0.313. The summed E-state index contributed by atoms with van der Waals surface area (Å²) in [7, 11) is 1.57. The number of hydrogen-bond acceptors (Lipinski definition) is 6. The van der Waals surface area contributed by atoms with Crippen LogP contribution in [0.15, 0.2) is 30.3 Å². The number of rotatable bonds is 13. The zero-order valence-electron chi connectivity index (χ0n) is 20.9. The number of methoxy groups -OCH3 is 1. The number of aliphatic hydroxyl groups is 1. The molecule has 2 aliphatic rings. The molecule has 0 amide bonds. The molecule has 6 atom stereocenters. The van der Waals surface area contributed by atoms with Crippen LogP contribution in [0.4, 0.5) is 0 Å². The Hall–Kier alpha value is -0.221. The predicted molar refractivity (Wildman–Crippen MR) is 131 cm³/mol. The summed E-state index contributed by atoms with van der Waals surface area (Å²) < 4.78 is 34.8. The Bertz CT molecular complexity index is 652. The third-order valence-electron chi connectivity index (χ3n) is 6.96. The van der Waals surface area contributed by atoms with Crippen molar-refractivity contribution >= 4 is 18.8 Å². The SMILES string of the molecule is CCC[CH2][Sn]([CH2]CCC)([CH2]CCC)[O][C@@H]1[C@@H](O)[C@@H](OC)O[C@@H]2CO[C@@H](c3ccccc3)O[C@@H]12. The van der Waals surface area contributed by atoms with Gasteiger partial charge in [0.2, 0.25) is 0 Å². The standard InChI is InChI=1S/C14H17O6.3C4H9.Sn/c1-17-14-11(16)10(15)12-9(19-14)7-18-13(20-12)8-5-3-2-4-6-8;3*1-3-4-2;/h2-6,9-14,16H,7H2,1H3;3*1,3-4H2,2H3;/q-1;;;;+1/t9-,10-,11-,12-,13-,14+;;;;/m1..../s1. The number of aliphatic hydroxyl groups excluding tert-OH is 1.